The van der Waals surface area contributed by atoms with E-state index in [9.17, 15) is 5.11 Å². The molecule has 5 aromatic rings. The summed E-state index contributed by atoms with van der Waals surface area (Å²) in [6, 6.07) is 39.2. The summed E-state index contributed by atoms with van der Waals surface area (Å²) in [5, 5.41) is 10.5. The summed E-state index contributed by atoms with van der Waals surface area (Å²) in [4.78, 5) is 1.81. The zero-order chi connectivity index (χ0) is 26.7. The molecule has 0 fully saturated rings. The van der Waals surface area contributed by atoms with Crippen molar-refractivity contribution in [3.05, 3.63) is 138 Å². The molecule has 0 unspecified atom stereocenters. The Labute approximate surface area is 235 Å². The molecule has 0 spiro atoms. The first kappa shape index (κ1) is 26.2. The van der Waals surface area contributed by atoms with Gasteiger partial charge in [0.2, 0.25) is 0 Å². The van der Waals surface area contributed by atoms with Crippen molar-refractivity contribution in [2.45, 2.75) is 28.7 Å². The van der Waals surface area contributed by atoms with Crippen LogP contribution in [0, 0.1) is 0 Å². The van der Waals surface area contributed by atoms with Gasteiger partial charge in [0.1, 0.15) is 5.75 Å². The van der Waals surface area contributed by atoms with Gasteiger partial charge in [0.05, 0.1) is 13.7 Å². The van der Waals surface area contributed by atoms with Crippen LogP contribution in [-0.2, 0) is 12.0 Å². The van der Waals surface area contributed by atoms with Crippen LogP contribution < -0.4 is 4.74 Å². The SMILES string of the molecule is COc1cccc(CO)c1C(C)(c1ccc(S)c(-c2ccccc2)c1)c1ccc(S)c(-c2ccccc2)c1. The lowest BCUT2D eigenvalue weighted by Gasteiger charge is -2.35. The average Bonchev–Trinajstić information content (AvgIpc) is 2.97. The molecule has 0 radical (unpaired) electrons. The second-order valence-corrected chi connectivity index (χ2v) is 10.4. The van der Waals surface area contributed by atoms with Crippen LogP contribution >= 0.6 is 25.3 Å². The maximum absolute atomic E-state index is 10.5. The Kier molecular flexibility index (Phi) is 7.66. The molecule has 0 saturated carbocycles. The minimum Gasteiger partial charge on any atom is -0.496 e. The standard InChI is InChI=1S/C34H30O2S2/c1-34(33-25(22-35)14-9-15-30(33)36-2,26-16-18-31(37)28(20-26)23-10-5-3-6-11-23)27-17-19-32(38)29(21-27)24-12-7-4-8-13-24/h3-21,35,37-38H,22H2,1-2H3. The molecule has 0 heterocycles. The number of aliphatic hydroxyl groups is 1. The number of hydrogen-bond acceptors (Lipinski definition) is 4. The molecule has 0 aliphatic heterocycles. The van der Waals surface area contributed by atoms with E-state index in [0.29, 0.717) is 0 Å². The van der Waals surface area contributed by atoms with E-state index in [4.69, 9.17) is 30.0 Å². The molecule has 0 atom stereocenters. The summed E-state index contributed by atoms with van der Waals surface area (Å²) >= 11 is 9.61. The van der Waals surface area contributed by atoms with Crippen molar-refractivity contribution in [1.29, 1.82) is 0 Å². The lowest BCUT2D eigenvalue weighted by Crippen LogP contribution is -2.28. The maximum Gasteiger partial charge on any atom is 0.123 e. The minimum absolute atomic E-state index is 0.103. The predicted molar refractivity (Wildman–Crippen MR) is 163 cm³/mol. The van der Waals surface area contributed by atoms with E-state index in [0.717, 1.165) is 60.0 Å². The van der Waals surface area contributed by atoms with Crippen molar-refractivity contribution < 1.29 is 9.84 Å². The van der Waals surface area contributed by atoms with E-state index < -0.39 is 5.41 Å². The Balaban J connectivity index is 1.83. The molecular formula is C34H30O2S2. The van der Waals surface area contributed by atoms with Crippen LogP contribution in [0.15, 0.2) is 125 Å². The highest BCUT2D eigenvalue weighted by Gasteiger charge is 2.37. The number of thiol groups is 2. The third-order valence-electron chi connectivity index (χ3n) is 7.32. The van der Waals surface area contributed by atoms with E-state index in [2.05, 4.69) is 67.6 Å². The minimum atomic E-state index is -0.666. The van der Waals surface area contributed by atoms with Crippen LogP contribution in [-0.4, -0.2) is 12.2 Å². The fourth-order valence-corrected chi connectivity index (χ4v) is 5.83. The van der Waals surface area contributed by atoms with Gasteiger partial charge in [-0.05, 0) is 76.2 Å². The fraction of sp³-hybridized carbons (Fsp3) is 0.118. The number of aliphatic hydroxyl groups excluding tert-OH is 1. The van der Waals surface area contributed by atoms with E-state index in [-0.39, 0.29) is 6.61 Å². The predicted octanol–water partition coefficient (Wildman–Crippen LogP) is 8.45. The van der Waals surface area contributed by atoms with Crippen molar-refractivity contribution in [1.82, 2.24) is 0 Å². The first-order chi connectivity index (χ1) is 18.5. The van der Waals surface area contributed by atoms with E-state index in [1.165, 1.54) is 0 Å². The van der Waals surface area contributed by atoms with Gasteiger partial charge in [-0.2, -0.15) is 0 Å². The Morgan fingerprint density at radius 2 is 1.16 bits per heavy atom. The summed E-state index contributed by atoms with van der Waals surface area (Å²) in [6.07, 6.45) is 0. The zero-order valence-electron chi connectivity index (χ0n) is 21.4. The number of rotatable bonds is 7. The Morgan fingerprint density at radius 1 is 0.658 bits per heavy atom. The highest BCUT2D eigenvalue weighted by molar-refractivity contribution is 7.80. The largest absolute Gasteiger partial charge is 0.496 e. The van der Waals surface area contributed by atoms with Crippen LogP contribution in [0.1, 0.15) is 29.2 Å². The van der Waals surface area contributed by atoms with E-state index in [1.807, 2.05) is 54.6 Å². The van der Waals surface area contributed by atoms with Crippen LogP contribution in [0.25, 0.3) is 22.3 Å². The number of methoxy groups -OCH3 is 1. The van der Waals surface area contributed by atoms with Gasteiger partial charge in [0.15, 0.2) is 0 Å². The first-order valence-electron chi connectivity index (χ1n) is 12.5. The third kappa shape index (κ3) is 4.76. The number of ether oxygens (including phenoxy) is 1. The molecule has 190 valence electrons. The number of hydrogen-bond donors (Lipinski definition) is 3. The van der Waals surface area contributed by atoms with E-state index >= 15 is 0 Å². The van der Waals surface area contributed by atoms with Gasteiger partial charge >= 0.3 is 0 Å². The van der Waals surface area contributed by atoms with Crippen molar-refractivity contribution in [3.63, 3.8) is 0 Å². The molecule has 0 aromatic heterocycles. The highest BCUT2D eigenvalue weighted by Crippen LogP contribution is 2.47. The molecule has 2 nitrogen and oxygen atoms in total. The molecule has 0 amide bonds. The van der Waals surface area contributed by atoms with Crippen LogP contribution in [0.3, 0.4) is 0 Å². The van der Waals surface area contributed by atoms with Gasteiger partial charge in [0.25, 0.3) is 0 Å². The lowest BCUT2D eigenvalue weighted by molar-refractivity contribution is 0.278. The monoisotopic (exact) mass is 534 g/mol. The molecule has 38 heavy (non-hydrogen) atoms. The smallest absolute Gasteiger partial charge is 0.123 e. The summed E-state index contributed by atoms with van der Waals surface area (Å²) in [5.74, 6) is 0.728. The molecule has 5 rings (SSSR count). The third-order valence-corrected chi connectivity index (χ3v) is 8.10. The summed E-state index contributed by atoms with van der Waals surface area (Å²) < 4.78 is 5.91. The Hall–Kier alpha value is -3.44. The first-order valence-corrected chi connectivity index (χ1v) is 13.4. The van der Waals surface area contributed by atoms with Crippen molar-refractivity contribution in [2.24, 2.45) is 0 Å². The van der Waals surface area contributed by atoms with Crippen molar-refractivity contribution >= 4 is 25.3 Å². The Morgan fingerprint density at radius 3 is 1.61 bits per heavy atom. The summed E-state index contributed by atoms with van der Waals surface area (Å²) in [5.41, 5.74) is 7.51. The van der Waals surface area contributed by atoms with Gasteiger partial charge in [-0.1, -0.05) is 84.9 Å². The quantitative estimate of drug-likeness (QED) is 0.144. The maximum atomic E-state index is 10.5. The van der Waals surface area contributed by atoms with Gasteiger partial charge in [-0.3, -0.25) is 0 Å². The summed E-state index contributed by atoms with van der Waals surface area (Å²) in [6.45, 7) is 2.10. The number of benzene rings is 5. The van der Waals surface area contributed by atoms with Crippen LogP contribution in [0.4, 0.5) is 0 Å². The van der Waals surface area contributed by atoms with Gasteiger partial charge in [0, 0.05) is 20.8 Å². The molecule has 1 N–H and O–H groups in total. The zero-order valence-corrected chi connectivity index (χ0v) is 23.2. The molecule has 4 heteroatoms. The molecule has 5 aromatic carbocycles. The van der Waals surface area contributed by atoms with Crippen molar-refractivity contribution in [2.75, 3.05) is 7.11 Å². The molecule has 0 aliphatic rings. The topological polar surface area (TPSA) is 29.5 Å². The second kappa shape index (κ2) is 11.1. The Bertz CT molecular complexity index is 1450. The average molecular weight is 535 g/mol. The van der Waals surface area contributed by atoms with Gasteiger partial charge < -0.3 is 9.84 Å². The van der Waals surface area contributed by atoms with Crippen LogP contribution in [0.5, 0.6) is 5.75 Å². The molecule has 0 saturated heterocycles. The second-order valence-electron chi connectivity index (χ2n) is 9.47. The van der Waals surface area contributed by atoms with Crippen LogP contribution in [0.2, 0.25) is 0 Å². The fourth-order valence-electron chi connectivity index (χ4n) is 5.29. The lowest BCUT2D eigenvalue weighted by atomic mass is 9.68. The normalized spacial score (nSPS) is 11.4. The molecule has 0 bridgehead atoms. The molecular weight excluding hydrogens is 505 g/mol. The van der Waals surface area contributed by atoms with Crippen molar-refractivity contribution in [3.8, 4) is 28.0 Å². The van der Waals surface area contributed by atoms with E-state index in [1.54, 1.807) is 7.11 Å². The summed E-state index contributed by atoms with van der Waals surface area (Å²) in [7, 11) is 1.68. The van der Waals surface area contributed by atoms with Gasteiger partial charge in [-0.15, -0.1) is 25.3 Å². The molecule has 0 aliphatic carbocycles. The van der Waals surface area contributed by atoms with Gasteiger partial charge in [-0.25, -0.2) is 0 Å². The highest BCUT2D eigenvalue weighted by atomic mass is 32.1.